The molecule has 1 aliphatic rings. The molecule has 0 bridgehead atoms. The van der Waals surface area contributed by atoms with Crippen LogP contribution in [-0.4, -0.2) is 22.6 Å². The molecular weight excluding hydrogens is 338 g/mol. The fourth-order valence-corrected chi connectivity index (χ4v) is 3.20. The molecule has 0 spiro atoms. The molecule has 0 amide bonds. The van der Waals surface area contributed by atoms with E-state index >= 15 is 0 Å². The summed E-state index contributed by atoms with van der Waals surface area (Å²) in [5.41, 5.74) is 2.96. The first-order valence-electron chi connectivity index (χ1n) is 7.45. The molecule has 0 saturated carbocycles. The SMILES string of the molecule is FC(F)Oc1ccccc1C1OCCc2nc3ccc(Cl)cn3c21. The molecule has 0 saturated heterocycles. The average Bonchev–Trinajstić information content (AvgIpc) is 2.93. The van der Waals surface area contributed by atoms with Gasteiger partial charge >= 0.3 is 6.61 Å². The van der Waals surface area contributed by atoms with Crippen molar-refractivity contribution in [1.29, 1.82) is 0 Å². The van der Waals surface area contributed by atoms with Crippen molar-refractivity contribution >= 4 is 17.2 Å². The van der Waals surface area contributed by atoms with Gasteiger partial charge in [-0.15, -0.1) is 0 Å². The fraction of sp³-hybridized carbons (Fsp3) is 0.235. The molecule has 24 heavy (non-hydrogen) atoms. The van der Waals surface area contributed by atoms with E-state index in [0.717, 1.165) is 17.0 Å². The molecule has 2 aromatic heterocycles. The van der Waals surface area contributed by atoms with Gasteiger partial charge in [0.15, 0.2) is 0 Å². The van der Waals surface area contributed by atoms with Gasteiger partial charge in [-0.2, -0.15) is 8.78 Å². The van der Waals surface area contributed by atoms with Gasteiger partial charge in [-0.05, 0) is 18.2 Å². The lowest BCUT2D eigenvalue weighted by atomic mass is 10.0. The summed E-state index contributed by atoms with van der Waals surface area (Å²) in [6.07, 6.45) is 1.86. The minimum Gasteiger partial charge on any atom is -0.434 e. The third kappa shape index (κ3) is 2.61. The summed E-state index contributed by atoms with van der Waals surface area (Å²) in [5, 5.41) is 0.559. The van der Waals surface area contributed by atoms with Gasteiger partial charge in [-0.1, -0.05) is 29.8 Å². The van der Waals surface area contributed by atoms with Crippen molar-refractivity contribution in [3.05, 3.63) is 64.6 Å². The maximum absolute atomic E-state index is 12.7. The van der Waals surface area contributed by atoms with Crippen molar-refractivity contribution in [2.24, 2.45) is 0 Å². The Morgan fingerprint density at radius 1 is 1.25 bits per heavy atom. The molecule has 0 fully saturated rings. The monoisotopic (exact) mass is 350 g/mol. The van der Waals surface area contributed by atoms with E-state index in [1.54, 1.807) is 30.5 Å². The van der Waals surface area contributed by atoms with Gasteiger partial charge in [0.2, 0.25) is 0 Å². The van der Waals surface area contributed by atoms with E-state index < -0.39 is 12.7 Å². The summed E-state index contributed by atoms with van der Waals surface area (Å²) < 4.78 is 37.8. The second-order valence-corrected chi connectivity index (χ2v) is 5.87. The topological polar surface area (TPSA) is 35.8 Å². The van der Waals surface area contributed by atoms with E-state index in [2.05, 4.69) is 9.72 Å². The van der Waals surface area contributed by atoms with Crippen molar-refractivity contribution in [1.82, 2.24) is 9.38 Å². The van der Waals surface area contributed by atoms with Gasteiger partial charge in [-0.25, -0.2) is 4.98 Å². The molecule has 1 atom stereocenters. The van der Waals surface area contributed by atoms with Crippen LogP contribution < -0.4 is 4.74 Å². The van der Waals surface area contributed by atoms with E-state index in [0.29, 0.717) is 23.6 Å². The molecule has 0 N–H and O–H groups in total. The highest BCUT2D eigenvalue weighted by atomic mass is 35.5. The molecule has 4 nitrogen and oxygen atoms in total. The lowest BCUT2D eigenvalue weighted by molar-refractivity contribution is -0.0522. The Morgan fingerprint density at radius 2 is 2.08 bits per heavy atom. The Morgan fingerprint density at radius 3 is 2.92 bits per heavy atom. The largest absolute Gasteiger partial charge is 0.434 e. The number of imidazole rings is 1. The van der Waals surface area contributed by atoms with Gasteiger partial charge in [0, 0.05) is 18.2 Å². The number of nitrogens with zero attached hydrogens (tertiary/aromatic N) is 2. The van der Waals surface area contributed by atoms with Gasteiger partial charge in [0.25, 0.3) is 0 Å². The first-order chi connectivity index (χ1) is 11.6. The maximum Gasteiger partial charge on any atom is 0.387 e. The average molecular weight is 351 g/mol. The van der Waals surface area contributed by atoms with Crippen LogP contribution in [-0.2, 0) is 11.2 Å². The molecule has 124 valence electrons. The van der Waals surface area contributed by atoms with Crippen LogP contribution in [0.4, 0.5) is 8.78 Å². The minimum absolute atomic E-state index is 0.0994. The predicted molar refractivity (Wildman–Crippen MR) is 84.8 cm³/mol. The van der Waals surface area contributed by atoms with Gasteiger partial charge in [-0.3, -0.25) is 4.40 Å². The van der Waals surface area contributed by atoms with Gasteiger partial charge in [0.05, 0.1) is 23.0 Å². The van der Waals surface area contributed by atoms with E-state index in [1.165, 1.54) is 6.07 Å². The number of halogens is 3. The number of para-hydroxylation sites is 1. The van der Waals surface area contributed by atoms with E-state index in [1.807, 2.05) is 10.5 Å². The number of hydrogen-bond acceptors (Lipinski definition) is 3. The number of alkyl halides is 2. The third-order valence-corrected chi connectivity index (χ3v) is 4.21. The van der Waals surface area contributed by atoms with Crippen LogP contribution in [0.5, 0.6) is 5.75 Å². The summed E-state index contributed by atoms with van der Waals surface area (Å²) in [6, 6.07) is 10.2. The molecule has 7 heteroatoms. The lowest BCUT2D eigenvalue weighted by Gasteiger charge is -2.25. The number of fused-ring (bicyclic) bond motifs is 3. The normalized spacial score (nSPS) is 17.2. The van der Waals surface area contributed by atoms with E-state index in [4.69, 9.17) is 16.3 Å². The standard InChI is InChI=1S/C17H13ClF2N2O2/c18-10-5-6-14-21-12-7-8-23-16(15(12)22(14)9-10)11-3-1-2-4-13(11)24-17(19)20/h1-6,9,16-17H,7-8H2. The van der Waals surface area contributed by atoms with Crippen LogP contribution in [0, 0.1) is 0 Å². The van der Waals surface area contributed by atoms with Crippen LogP contribution in [0.2, 0.25) is 5.02 Å². The molecule has 1 aliphatic heterocycles. The number of benzene rings is 1. The first kappa shape index (κ1) is 15.4. The number of ether oxygens (including phenoxy) is 2. The number of hydrogen-bond donors (Lipinski definition) is 0. The molecule has 4 rings (SSSR count). The van der Waals surface area contributed by atoms with Crippen molar-refractivity contribution in [3.8, 4) is 5.75 Å². The van der Waals surface area contributed by atoms with Crippen LogP contribution in [0.15, 0.2) is 42.6 Å². The van der Waals surface area contributed by atoms with E-state index in [-0.39, 0.29) is 5.75 Å². The lowest BCUT2D eigenvalue weighted by Crippen LogP contribution is -2.19. The predicted octanol–water partition coefficient (Wildman–Crippen LogP) is 4.25. The molecule has 3 heterocycles. The second-order valence-electron chi connectivity index (χ2n) is 5.44. The summed E-state index contributed by atoms with van der Waals surface area (Å²) in [4.78, 5) is 4.60. The maximum atomic E-state index is 12.7. The quantitative estimate of drug-likeness (QED) is 0.708. The Balaban J connectivity index is 1.88. The summed E-state index contributed by atoms with van der Waals surface area (Å²) in [7, 11) is 0. The van der Waals surface area contributed by atoms with Gasteiger partial charge in [0.1, 0.15) is 17.5 Å². The molecular formula is C17H13ClF2N2O2. The Bertz CT molecular complexity index is 897. The zero-order chi connectivity index (χ0) is 16.7. The van der Waals surface area contributed by atoms with Gasteiger partial charge < -0.3 is 9.47 Å². The highest BCUT2D eigenvalue weighted by Crippen LogP contribution is 2.38. The van der Waals surface area contributed by atoms with E-state index in [9.17, 15) is 8.78 Å². The summed E-state index contributed by atoms with van der Waals surface area (Å²) >= 11 is 6.10. The molecule has 1 unspecified atom stereocenters. The number of aromatic nitrogens is 2. The number of pyridine rings is 1. The van der Waals surface area contributed by atoms with Crippen molar-refractivity contribution < 1.29 is 18.3 Å². The molecule has 0 aliphatic carbocycles. The third-order valence-electron chi connectivity index (χ3n) is 3.98. The molecule has 3 aromatic rings. The highest BCUT2D eigenvalue weighted by Gasteiger charge is 2.30. The van der Waals surface area contributed by atoms with Crippen molar-refractivity contribution in [2.75, 3.05) is 6.61 Å². The fourth-order valence-electron chi connectivity index (χ4n) is 3.04. The summed E-state index contributed by atoms with van der Waals surface area (Å²) in [5.74, 6) is 0.0994. The summed E-state index contributed by atoms with van der Waals surface area (Å²) in [6.45, 7) is -2.44. The van der Waals surface area contributed by atoms with Crippen molar-refractivity contribution in [2.45, 2.75) is 19.1 Å². The van der Waals surface area contributed by atoms with Crippen LogP contribution in [0.25, 0.3) is 5.65 Å². The van der Waals surface area contributed by atoms with Crippen LogP contribution in [0.1, 0.15) is 23.1 Å². The van der Waals surface area contributed by atoms with Crippen LogP contribution in [0.3, 0.4) is 0 Å². The zero-order valence-corrected chi connectivity index (χ0v) is 13.2. The highest BCUT2D eigenvalue weighted by molar-refractivity contribution is 6.30. The van der Waals surface area contributed by atoms with Crippen molar-refractivity contribution in [3.63, 3.8) is 0 Å². The number of rotatable bonds is 3. The minimum atomic E-state index is -2.90. The Hall–Kier alpha value is -2.18. The molecule has 1 aromatic carbocycles. The second kappa shape index (κ2) is 6.03. The smallest absolute Gasteiger partial charge is 0.387 e. The Kier molecular flexibility index (Phi) is 3.86. The zero-order valence-electron chi connectivity index (χ0n) is 12.5. The first-order valence-corrected chi connectivity index (χ1v) is 7.83. The Labute approximate surface area is 141 Å². The molecule has 0 radical (unpaired) electrons. The van der Waals surface area contributed by atoms with Crippen LogP contribution >= 0.6 is 11.6 Å².